The van der Waals surface area contributed by atoms with Crippen LogP contribution in [0.1, 0.15) is 151 Å². The molecule has 0 aliphatic heterocycles. The van der Waals surface area contributed by atoms with E-state index in [9.17, 15) is 0 Å². The molecule has 0 amide bonds. The quantitative estimate of drug-likeness (QED) is 0.121. The van der Waals surface area contributed by atoms with E-state index in [2.05, 4.69) is 261 Å². The highest BCUT2D eigenvalue weighted by Gasteiger charge is 2.33. The molecule has 0 spiro atoms. The molecule has 6 aromatic carbocycles. The monoisotopic (exact) mass is 949 g/mol. The van der Waals surface area contributed by atoms with Gasteiger partial charge in [-0.05, 0) is 79.3 Å². The Morgan fingerprint density at radius 1 is 0.222 bits per heavy atom. The molecule has 3 heterocycles. The summed E-state index contributed by atoms with van der Waals surface area (Å²) in [6.45, 7) is 26.4. The van der Waals surface area contributed by atoms with E-state index in [-0.39, 0.29) is 32.5 Å². The topological polar surface area (TPSA) is 77.3 Å². The summed E-state index contributed by atoms with van der Waals surface area (Å²) >= 11 is 0. The Hall–Kier alpha value is -7.44. The Balaban J connectivity index is 0.000000158. The molecule has 366 valence electrons. The molecule has 0 saturated carbocycles. The van der Waals surface area contributed by atoms with Crippen molar-refractivity contribution < 1.29 is 0 Å². The van der Waals surface area contributed by atoms with Crippen molar-refractivity contribution in [1.29, 1.82) is 0 Å². The van der Waals surface area contributed by atoms with Crippen molar-refractivity contribution in [2.45, 2.75) is 116 Å². The first-order valence-corrected chi connectivity index (χ1v) is 25.1. The van der Waals surface area contributed by atoms with E-state index in [1.165, 1.54) is 33.4 Å². The zero-order chi connectivity index (χ0) is 51.6. The van der Waals surface area contributed by atoms with Crippen molar-refractivity contribution in [2.24, 2.45) is 0 Å². The number of hydrogen-bond donors (Lipinski definition) is 0. The van der Waals surface area contributed by atoms with Crippen LogP contribution in [0.5, 0.6) is 0 Å². The lowest BCUT2D eigenvalue weighted by Gasteiger charge is -2.29. The Morgan fingerprint density at radius 2 is 0.458 bits per heavy atom. The number of hydrogen-bond acceptors (Lipinski definition) is 6. The smallest absolute Gasteiger partial charge is 0.142 e. The summed E-state index contributed by atoms with van der Waals surface area (Å²) in [6, 6.07) is 71.5. The largest absolute Gasteiger partial charge is 0.256 e. The van der Waals surface area contributed by atoms with Gasteiger partial charge in [-0.1, -0.05) is 243 Å². The van der Waals surface area contributed by atoms with E-state index >= 15 is 0 Å². The third-order valence-electron chi connectivity index (χ3n) is 14.6. The molecule has 0 aliphatic carbocycles. The van der Waals surface area contributed by atoms with Gasteiger partial charge in [0, 0.05) is 32.5 Å². The number of rotatable bonds is 12. The van der Waals surface area contributed by atoms with Gasteiger partial charge in [0.2, 0.25) is 0 Å². The van der Waals surface area contributed by atoms with Gasteiger partial charge in [-0.2, -0.15) is 0 Å². The first-order valence-electron chi connectivity index (χ1n) is 25.1. The highest BCUT2D eigenvalue weighted by atomic mass is 15.0. The predicted molar refractivity (Wildman–Crippen MR) is 298 cm³/mol. The van der Waals surface area contributed by atoms with E-state index in [0.29, 0.717) is 0 Å². The van der Waals surface area contributed by atoms with E-state index in [1.807, 2.05) is 48.5 Å². The molecule has 0 unspecified atom stereocenters. The molecule has 0 saturated heterocycles. The minimum absolute atomic E-state index is 0.121. The van der Waals surface area contributed by atoms with Crippen molar-refractivity contribution in [1.82, 2.24) is 29.9 Å². The Morgan fingerprint density at radius 3 is 0.736 bits per heavy atom. The van der Waals surface area contributed by atoms with Gasteiger partial charge >= 0.3 is 0 Å². The second kappa shape index (κ2) is 21.9. The minimum atomic E-state index is -0.272. The minimum Gasteiger partial charge on any atom is -0.256 e. The number of aromatic nitrogens is 6. The fourth-order valence-electron chi connectivity index (χ4n) is 9.05. The second-order valence-corrected chi connectivity index (χ2v) is 21.8. The van der Waals surface area contributed by atoms with Crippen LogP contribution in [0, 0.1) is 0 Å². The Kier molecular flexibility index (Phi) is 15.9. The molecule has 0 N–H and O–H groups in total. The van der Waals surface area contributed by atoms with Crippen LogP contribution in [0.15, 0.2) is 219 Å². The van der Waals surface area contributed by atoms with E-state index in [1.54, 1.807) is 12.7 Å². The van der Waals surface area contributed by atoms with Gasteiger partial charge in [0.1, 0.15) is 24.3 Å². The third kappa shape index (κ3) is 11.7. The zero-order valence-corrected chi connectivity index (χ0v) is 44.5. The second-order valence-electron chi connectivity index (χ2n) is 21.8. The Labute approximate surface area is 430 Å². The summed E-state index contributed by atoms with van der Waals surface area (Å²) in [5.74, 6) is 1.59. The van der Waals surface area contributed by atoms with E-state index < -0.39 is 0 Å². The standard InChI is InChI=1S/C23H25N.C22H24N2.C21H23N3/c1-22(2,18-12-7-5-8-13-18)20-16-11-17-21(24-20)23(3,4)19-14-9-6-10-15-19;1-21(2,17-11-7-5-8-12-17)19-15-20(24-16-23-19)22(3,4)18-13-9-6-10-14-18;1-20(2,16-11-7-5-8-12-16)18-22-15-23-19(24-18)21(3,4)17-13-9-6-10-14-17/h5-17H,1-4H3;5-16H,1-4H3;5-15H,1-4H3. The number of pyridine rings is 1. The maximum Gasteiger partial charge on any atom is 0.142 e. The maximum atomic E-state index is 5.07. The first-order chi connectivity index (χ1) is 34.3. The first kappa shape index (κ1) is 52.4. The van der Waals surface area contributed by atoms with Crippen molar-refractivity contribution in [3.63, 3.8) is 0 Å². The molecule has 6 nitrogen and oxygen atoms in total. The van der Waals surface area contributed by atoms with Gasteiger partial charge in [-0.25, -0.2) is 24.9 Å². The molecule has 3 aromatic heterocycles. The maximum absolute atomic E-state index is 5.07. The normalized spacial score (nSPS) is 12.2. The fourth-order valence-corrected chi connectivity index (χ4v) is 9.05. The molecule has 0 bridgehead atoms. The van der Waals surface area contributed by atoms with Gasteiger partial charge < -0.3 is 0 Å². The molecule has 0 fully saturated rings. The third-order valence-corrected chi connectivity index (χ3v) is 14.6. The average Bonchev–Trinajstić information content (AvgIpc) is 3.43. The van der Waals surface area contributed by atoms with Crippen molar-refractivity contribution in [3.8, 4) is 0 Å². The van der Waals surface area contributed by atoms with Crippen LogP contribution >= 0.6 is 0 Å². The molecule has 9 rings (SSSR count). The highest BCUT2D eigenvalue weighted by molar-refractivity contribution is 5.41. The lowest BCUT2D eigenvalue weighted by Crippen LogP contribution is -2.28. The van der Waals surface area contributed by atoms with Crippen LogP contribution in [-0.4, -0.2) is 29.9 Å². The van der Waals surface area contributed by atoms with E-state index in [4.69, 9.17) is 9.97 Å². The molecule has 0 aliphatic rings. The molecule has 0 radical (unpaired) electrons. The van der Waals surface area contributed by atoms with Crippen molar-refractivity contribution >= 4 is 0 Å². The van der Waals surface area contributed by atoms with Gasteiger partial charge in [0.05, 0.1) is 22.8 Å². The van der Waals surface area contributed by atoms with Crippen LogP contribution in [0.4, 0.5) is 0 Å². The van der Waals surface area contributed by atoms with Crippen LogP contribution in [0.2, 0.25) is 0 Å². The summed E-state index contributed by atoms with van der Waals surface area (Å²) in [5.41, 5.74) is 10.7. The summed E-state index contributed by atoms with van der Waals surface area (Å²) in [6.07, 6.45) is 3.33. The summed E-state index contributed by atoms with van der Waals surface area (Å²) in [7, 11) is 0. The van der Waals surface area contributed by atoms with E-state index in [0.717, 1.165) is 34.4 Å². The summed E-state index contributed by atoms with van der Waals surface area (Å²) in [5, 5.41) is 0. The molecule has 9 aromatic rings. The average molecular weight is 949 g/mol. The molecule has 72 heavy (non-hydrogen) atoms. The molecule has 6 heteroatoms. The van der Waals surface area contributed by atoms with Crippen molar-refractivity contribution in [2.75, 3.05) is 0 Å². The lowest BCUT2D eigenvalue weighted by molar-refractivity contribution is 0.535. The molecular weight excluding hydrogens is 877 g/mol. The Bertz CT molecular complexity index is 2560. The van der Waals surface area contributed by atoms with Crippen LogP contribution < -0.4 is 0 Å². The van der Waals surface area contributed by atoms with Gasteiger partial charge in [-0.15, -0.1) is 0 Å². The summed E-state index contributed by atoms with van der Waals surface area (Å²) < 4.78 is 0. The number of nitrogens with zero attached hydrogens (tertiary/aromatic N) is 6. The van der Waals surface area contributed by atoms with Crippen LogP contribution in [0.3, 0.4) is 0 Å². The van der Waals surface area contributed by atoms with Gasteiger partial charge in [0.25, 0.3) is 0 Å². The molecular formula is C66H72N6. The van der Waals surface area contributed by atoms with Crippen molar-refractivity contribution in [3.05, 3.63) is 287 Å². The SMILES string of the molecule is CC(C)(c1ccccc1)c1cc(C(C)(C)c2ccccc2)ncn1.CC(C)(c1ccccc1)c1cccc(C(C)(C)c2ccccc2)n1.CC(C)(c1ccccc1)c1ncnc(C(C)(C)c2ccccc2)n1. The highest BCUT2D eigenvalue weighted by Crippen LogP contribution is 2.37. The number of benzene rings is 6. The van der Waals surface area contributed by atoms with Crippen LogP contribution in [-0.2, 0) is 32.5 Å². The lowest BCUT2D eigenvalue weighted by atomic mass is 9.77. The zero-order valence-electron chi connectivity index (χ0n) is 44.5. The fraction of sp³-hybridized carbons (Fsp3) is 0.273. The molecule has 0 atom stereocenters. The van der Waals surface area contributed by atoms with Gasteiger partial charge in [0.15, 0.2) is 0 Å². The summed E-state index contributed by atoms with van der Waals surface area (Å²) in [4.78, 5) is 28.0. The predicted octanol–water partition coefficient (Wildman–Crippen LogP) is 15.4. The van der Waals surface area contributed by atoms with Crippen LogP contribution in [0.25, 0.3) is 0 Å². The van der Waals surface area contributed by atoms with Gasteiger partial charge in [-0.3, -0.25) is 4.98 Å².